The second kappa shape index (κ2) is 9.44. The normalized spacial score (nSPS) is 11.1. The van der Waals surface area contributed by atoms with Crippen molar-refractivity contribution in [2.75, 3.05) is 13.6 Å². The molecule has 1 aromatic rings. The summed E-state index contributed by atoms with van der Waals surface area (Å²) in [5, 5.41) is 7.29. The third-order valence-corrected chi connectivity index (χ3v) is 2.48. The molecular formula is C13H21ClIN3. The molecule has 0 aromatic heterocycles. The third-order valence-electron chi connectivity index (χ3n) is 2.24. The Morgan fingerprint density at radius 3 is 2.67 bits per heavy atom. The molecular weight excluding hydrogens is 361 g/mol. The first-order chi connectivity index (χ1) is 8.11. The molecule has 0 atom stereocenters. The highest BCUT2D eigenvalue weighted by molar-refractivity contribution is 14.0. The molecule has 0 amide bonds. The summed E-state index contributed by atoms with van der Waals surface area (Å²) in [7, 11) is 1.77. The van der Waals surface area contributed by atoms with E-state index in [1.165, 1.54) is 5.56 Å². The van der Waals surface area contributed by atoms with E-state index in [4.69, 9.17) is 11.6 Å². The van der Waals surface area contributed by atoms with Crippen LogP contribution >= 0.6 is 35.6 Å². The molecule has 18 heavy (non-hydrogen) atoms. The van der Waals surface area contributed by atoms with E-state index in [1.807, 2.05) is 18.2 Å². The molecule has 0 unspecified atom stereocenters. The molecule has 0 aliphatic heterocycles. The Morgan fingerprint density at radius 2 is 2.11 bits per heavy atom. The average molecular weight is 382 g/mol. The second-order valence-electron chi connectivity index (χ2n) is 4.18. The van der Waals surface area contributed by atoms with E-state index in [1.54, 1.807) is 7.05 Å². The minimum Gasteiger partial charge on any atom is -0.356 e. The Bertz CT molecular complexity index is 380. The zero-order chi connectivity index (χ0) is 12.7. The number of nitrogens with one attached hydrogen (secondary N) is 2. The van der Waals surface area contributed by atoms with Crippen LogP contribution < -0.4 is 10.6 Å². The van der Waals surface area contributed by atoms with Crippen molar-refractivity contribution in [2.24, 2.45) is 4.99 Å². The smallest absolute Gasteiger partial charge is 0.191 e. The summed E-state index contributed by atoms with van der Waals surface area (Å²) < 4.78 is 0. The Hall–Kier alpha value is -0.490. The van der Waals surface area contributed by atoms with Crippen LogP contribution in [0.4, 0.5) is 0 Å². The minimum atomic E-state index is 0. The van der Waals surface area contributed by atoms with Gasteiger partial charge in [-0.05, 0) is 38.0 Å². The zero-order valence-electron chi connectivity index (χ0n) is 11.0. The molecule has 0 heterocycles. The van der Waals surface area contributed by atoms with E-state index < -0.39 is 0 Å². The van der Waals surface area contributed by atoms with Gasteiger partial charge in [-0.2, -0.15) is 0 Å². The van der Waals surface area contributed by atoms with E-state index in [-0.39, 0.29) is 24.0 Å². The van der Waals surface area contributed by atoms with Gasteiger partial charge in [-0.15, -0.1) is 24.0 Å². The lowest BCUT2D eigenvalue weighted by Crippen LogP contribution is -2.41. The summed E-state index contributed by atoms with van der Waals surface area (Å²) >= 11 is 5.93. The monoisotopic (exact) mass is 381 g/mol. The van der Waals surface area contributed by atoms with E-state index in [0.717, 1.165) is 23.9 Å². The lowest BCUT2D eigenvalue weighted by Gasteiger charge is -2.14. The number of halogens is 2. The topological polar surface area (TPSA) is 36.4 Å². The second-order valence-corrected chi connectivity index (χ2v) is 4.61. The highest BCUT2D eigenvalue weighted by Crippen LogP contribution is 2.10. The summed E-state index contributed by atoms with van der Waals surface area (Å²) in [6.07, 6.45) is 0.930. The Balaban J connectivity index is 0.00000289. The largest absolute Gasteiger partial charge is 0.356 e. The van der Waals surface area contributed by atoms with Crippen molar-refractivity contribution >= 4 is 41.5 Å². The van der Waals surface area contributed by atoms with Crippen molar-refractivity contribution in [3.8, 4) is 0 Å². The minimum absolute atomic E-state index is 0. The summed E-state index contributed by atoms with van der Waals surface area (Å²) in [5.74, 6) is 0.835. The fourth-order valence-corrected chi connectivity index (χ4v) is 1.70. The number of nitrogens with zero attached hydrogens (tertiary/aromatic N) is 1. The van der Waals surface area contributed by atoms with Crippen LogP contribution in [0.5, 0.6) is 0 Å². The van der Waals surface area contributed by atoms with E-state index in [2.05, 4.69) is 35.5 Å². The van der Waals surface area contributed by atoms with Crippen molar-refractivity contribution in [2.45, 2.75) is 26.3 Å². The Labute approximate surface area is 131 Å². The van der Waals surface area contributed by atoms with Gasteiger partial charge in [-0.1, -0.05) is 23.7 Å². The van der Waals surface area contributed by atoms with Crippen LogP contribution in [0.3, 0.4) is 0 Å². The van der Waals surface area contributed by atoms with Gasteiger partial charge in [0.2, 0.25) is 0 Å². The lowest BCUT2D eigenvalue weighted by molar-refractivity contribution is 0.698. The highest BCUT2D eigenvalue weighted by atomic mass is 127. The standard InChI is InChI=1S/C13H20ClN3.HI/c1-10(2)17-13(15-3)16-8-7-11-5-4-6-12(14)9-11;/h4-6,9-10H,7-8H2,1-3H3,(H2,15,16,17);1H. The number of hydrogen-bond acceptors (Lipinski definition) is 1. The van der Waals surface area contributed by atoms with Gasteiger partial charge in [-0.3, -0.25) is 4.99 Å². The van der Waals surface area contributed by atoms with Gasteiger partial charge in [0, 0.05) is 24.7 Å². The van der Waals surface area contributed by atoms with E-state index in [0.29, 0.717) is 6.04 Å². The first kappa shape index (κ1) is 17.5. The molecule has 5 heteroatoms. The van der Waals surface area contributed by atoms with Crippen molar-refractivity contribution < 1.29 is 0 Å². The van der Waals surface area contributed by atoms with Gasteiger partial charge in [0.1, 0.15) is 0 Å². The Morgan fingerprint density at radius 1 is 1.39 bits per heavy atom. The number of benzene rings is 1. The molecule has 102 valence electrons. The van der Waals surface area contributed by atoms with Crippen LogP contribution in [0.15, 0.2) is 29.3 Å². The van der Waals surface area contributed by atoms with Gasteiger partial charge in [0.15, 0.2) is 5.96 Å². The summed E-state index contributed by atoms with van der Waals surface area (Å²) in [6.45, 7) is 5.01. The van der Waals surface area contributed by atoms with Gasteiger partial charge < -0.3 is 10.6 Å². The SMILES string of the molecule is CN=C(NCCc1cccc(Cl)c1)NC(C)C.I. The van der Waals surface area contributed by atoms with E-state index in [9.17, 15) is 0 Å². The molecule has 0 spiro atoms. The maximum absolute atomic E-state index is 5.93. The Kier molecular flexibility index (Phi) is 9.18. The predicted molar refractivity (Wildman–Crippen MR) is 90.2 cm³/mol. The molecule has 0 aliphatic carbocycles. The van der Waals surface area contributed by atoms with Gasteiger partial charge in [0.25, 0.3) is 0 Å². The first-order valence-corrected chi connectivity index (χ1v) is 6.21. The van der Waals surface area contributed by atoms with Crippen LogP contribution in [-0.2, 0) is 6.42 Å². The summed E-state index contributed by atoms with van der Waals surface area (Å²) in [5.41, 5.74) is 1.23. The third kappa shape index (κ3) is 7.06. The zero-order valence-corrected chi connectivity index (χ0v) is 14.1. The molecule has 0 radical (unpaired) electrons. The number of rotatable bonds is 4. The molecule has 1 rings (SSSR count). The first-order valence-electron chi connectivity index (χ1n) is 5.83. The summed E-state index contributed by atoms with van der Waals surface area (Å²) in [6, 6.07) is 8.30. The van der Waals surface area contributed by atoms with Crippen LogP contribution in [0.2, 0.25) is 5.02 Å². The molecule has 3 nitrogen and oxygen atoms in total. The fourth-order valence-electron chi connectivity index (χ4n) is 1.49. The van der Waals surface area contributed by atoms with Crippen molar-refractivity contribution in [1.29, 1.82) is 0 Å². The van der Waals surface area contributed by atoms with Crippen molar-refractivity contribution in [1.82, 2.24) is 10.6 Å². The predicted octanol–water partition coefficient (Wildman–Crippen LogP) is 3.07. The van der Waals surface area contributed by atoms with Crippen LogP contribution in [0.25, 0.3) is 0 Å². The van der Waals surface area contributed by atoms with Crippen LogP contribution in [-0.4, -0.2) is 25.6 Å². The summed E-state index contributed by atoms with van der Waals surface area (Å²) in [4.78, 5) is 4.15. The van der Waals surface area contributed by atoms with Gasteiger partial charge in [-0.25, -0.2) is 0 Å². The van der Waals surface area contributed by atoms with Gasteiger partial charge in [0.05, 0.1) is 0 Å². The lowest BCUT2D eigenvalue weighted by atomic mass is 10.1. The number of guanidine groups is 1. The van der Waals surface area contributed by atoms with Crippen molar-refractivity contribution in [3.05, 3.63) is 34.9 Å². The van der Waals surface area contributed by atoms with Gasteiger partial charge >= 0.3 is 0 Å². The maximum atomic E-state index is 5.93. The highest BCUT2D eigenvalue weighted by Gasteiger charge is 1.99. The van der Waals surface area contributed by atoms with E-state index >= 15 is 0 Å². The molecule has 0 saturated heterocycles. The van der Waals surface area contributed by atoms with Crippen molar-refractivity contribution in [3.63, 3.8) is 0 Å². The molecule has 0 aliphatic rings. The fraction of sp³-hybridized carbons (Fsp3) is 0.462. The molecule has 0 saturated carbocycles. The maximum Gasteiger partial charge on any atom is 0.191 e. The number of aliphatic imine (C=N–C) groups is 1. The average Bonchev–Trinajstić information content (AvgIpc) is 2.27. The van der Waals surface area contributed by atoms with Crippen LogP contribution in [0, 0.1) is 0 Å². The molecule has 0 bridgehead atoms. The molecule has 2 N–H and O–H groups in total. The molecule has 0 fully saturated rings. The van der Waals surface area contributed by atoms with Crippen LogP contribution in [0.1, 0.15) is 19.4 Å². The quantitative estimate of drug-likeness (QED) is 0.478. The number of hydrogen-bond donors (Lipinski definition) is 2. The molecule has 1 aromatic carbocycles.